The molecule has 8 nitrogen and oxygen atoms in total. The molecule has 30 heavy (non-hydrogen) atoms. The van der Waals surface area contributed by atoms with Crippen LogP contribution in [0.5, 0.6) is 0 Å². The number of anilines is 1. The molecule has 1 saturated carbocycles. The van der Waals surface area contributed by atoms with Crippen molar-refractivity contribution in [1.82, 2.24) is 14.9 Å². The fourth-order valence-corrected chi connectivity index (χ4v) is 3.55. The summed E-state index contributed by atoms with van der Waals surface area (Å²) in [5.41, 5.74) is 0.789. The summed E-state index contributed by atoms with van der Waals surface area (Å²) in [4.78, 5) is 41.8. The maximum atomic E-state index is 12.7. The Hall–Kier alpha value is -2.71. The molecule has 0 spiro atoms. The Bertz CT molecular complexity index is 1070. The van der Waals surface area contributed by atoms with Gasteiger partial charge in [-0.15, -0.1) is 0 Å². The van der Waals surface area contributed by atoms with Crippen molar-refractivity contribution in [2.24, 2.45) is 5.92 Å². The van der Waals surface area contributed by atoms with Crippen LogP contribution < -0.4 is 16.2 Å². The summed E-state index contributed by atoms with van der Waals surface area (Å²) in [6, 6.07) is 6.42. The number of ether oxygens (including phenoxy) is 1. The molecule has 1 saturated heterocycles. The number of nitrogens with one attached hydrogen (secondary N) is 2. The standard InChI is InChI=1S/C21H23ClN4O4/c1-12-23-17(8-19(28)26(12)9-18(27)25-21(2)10-30-11-21)15-6-5-14(22)7-16(15)24-20(29)13-3-4-13/h5-8,13H,3-4,9-11H2,1-2H3,(H,24,29)(H,25,27). The smallest absolute Gasteiger partial charge is 0.254 e. The van der Waals surface area contributed by atoms with Crippen molar-refractivity contribution >= 4 is 29.1 Å². The van der Waals surface area contributed by atoms with E-state index in [-0.39, 0.29) is 35.4 Å². The lowest BCUT2D eigenvalue weighted by Gasteiger charge is -2.38. The lowest BCUT2D eigenvalue weighted by molar-refractivity contribution is -0.131. The molecule has 2 amide bonds. The average Bonchev–Trinajstić information content (AvgIpc) is 3.48. The summed E-state index contributed by atoms with van der Waals surface area (Å²) < 4.78 is 6.45. The van der Waals surface area contributed by atoms with Gasteiger partial charge in [-0.3, -0.25) is 19.0 Å². The highest BCUT2D eigenvalue weighted by Crippen LogP contribution is 2.33. The van der Waals surface area contributed by atoms with Gasteiger partial charge in [0.15, 0.2) is 0 Å². The van der Waals surface area contributed by atoms with Crippen molar-refractivity contribution in [3.8, 4) is 11.3 Å². The minimum absolute atomic E-state index is 0.0287. The van der Waals surface area contributed by atoms with Gasteiger partial charge in [-0.25, -0.2) is 4.98 Å². The summed E-state index contributed by atoms with van der Waals surface area (Å²) in [6.07, 6.45) is 1.75. The first kappa shape index (κ1) is 20.6. The molecule has 2 N–H and O–H groups in total. The van der Waals surface area contributed by atoms with Crippen LogP contribution in [0.4, 0.5) is 5.69 Å². The zero-order chi connectivity index (χ0) is 21.5. The van der Waals surface area contributed by atoms with E-state index >= 15 is 0 Å². The van der Waals surface area contributed by atoms with Crippen LogP contribution in [0.15, 0.2) is 29.1 Å². The van der Waals surface area contributed by atoms with Crippen LogP contribution in [0, 0.1) is 12.8 Å². The number of hydrogen-bond donors (Lipinski definition) is 2. The first-order valence-corrected chi connectivity index (χ1v) is 10.2. The molecule has 4 rings (SSSR count). The number of amides is 2. The zero-order valence-electron chi connectivity index (χ0n) is 16.8. The van der Waals surface area contributed by atoms with Gasteiger partial charge < -0.3 is 15.4 Å². The Morgan fingerprint density at radius 3 is 2.63 bits per heavy atom. The Labute approximate surface area is 178 Å². The average molecular weight is 431 g/mol. The summed E-state index contributed by atoms with van der Waals surface area (Å²) >= 11 is 6.11. The second-order valence-corrected chi connectivity index (χ2v) is 8.60. The van der Waals surface area contributed by atoms with E-state index in [1.807, 2.05) is 6.92 Å². The van der Waals surface area contributed by atoms with Crippen molar-refractivity contribution in [3.05, 3.63) is 45.5 Å². The van der Waals surface area contributed by atoms with Crippen LogP contribution in [0.2, 0.25) is 5.02 Å². The molecule has 2 aromatic rings. The Morgan fingerprint density at radius 2 is 2.03 bits per heavy atom. The summed E-state index contributed by atoms with van der Waals surface area (Å²) in [5.74, 6) is 0.0937. The van der Waals surface area contributed by atoms with Crippen LogP contribution >= 0.6 is 11.6 Å². The molecule has 0 unspecified atom stereocenters. The number of carbonyl (C=O) groups excluding carboxylic acids is 2. The van der Waals surface area contributed by atoms with Crippen LogP contribution in [0.3, 0.4) is 0 Å². The first-order valence-electron chi connectivity index (χ1n) is 9.82. The second-order valence-electron chi connectivity index (χ2n) is 8.17. The molecule has 1 aromatic carbocycles. The Balaban J connectivity index is 1.59. The van der Waals surface area contributed by atoms with Gasteiger partial charge in [0, 0.05) is 22.6 Å². The van der Waals surface area contributed by atoms with Crippen molar-refractivity contribution < 1.29 is 14.3 Å². The van der Waals surface area contributed by atoms with Crippen LogP contribution in [0.25, 0.3) is 11.3 Å². The van der Waals surface area contributed by atoms with Gasteiger partial charge >= 0.3 is 0 Å². The molecule has 0 atom stereocenters. The van der Waals surface area contributed by atoms with Gasteiger partial charge in [-0.1, -0.05) is 11.6 Å². The topological polar surface area (TPSA) is 102 Å². The summed E-state index contributed by atoms with van der Waals surface area (Å²) in [7, 11) is 0. The molecule has 9 heteroatoms. The second kappa shape index (κ2) is 7.85. The van der Waals surface area contributed by atoms with Crippen molar-refractivity contribution in [2.45, 2.75) is 38.8 Å². The molecule has 2 fully saturated rings. The largest absolute Gasteiger partial charge is 0.376 e. The van der Waals surface area contributed by atoms with E-state index in [9.17, 15) is 14.4 Å². The van der Waals surface area contributed by atoms with Gasteiger partial charge in [0.25, 0.3) is 5.56 Å². The van der Waals surface area contributed by atoms with E-state index < -0.39 is 0 Å². The molecule has 1 aromatic heterocycles. The maximum absolute atomic E-state index is 12.7. The van der Waals surface area contributed by atoms with E-state index in [1.165, 1.54) is 10.6 Å². The summed E-state index contributed by atoms with van der Waals surface area (Å²) in [5, 5.41) is 6.24. The van der Waals surface area contributed by atoms with Gasteiger partial charge in [-0.2, -0.15) is 0 Å². The normalized spacial score (nSPS) is 17.2. The lowest BCUT2D eigenvalue weighted by Crippen LogP contribution is -2.60. The predicted octanol–water partition coefficient (Wildman–Crippen LogP) is 2.13. The van der Waals surface area contributed by atoms with E-state index in [2.05, 4.69) is 15.6 Å². The summed E-state index contributed by atoms with van der Waals surface area (Å²) in [6.45, 7) is 4.35. The molecular weight excluding hydrogens is 408 g/mol. The predicted molar refractivity (Wildman–Crippen MR) is 112 cm³/mol. The number of nitrogens with zero attached hydrogens (tertiary/aromatic N) is 2. The van der Waals surface area contributed by atoms with E-state index in [0.717, 1.165) is 12.8 Å². The molecule has 2 aliphatic rings. The molecular formula is C21H23ClN4O4. The SMILES string of the molecule is Cc1nc(-c2ccc(Cl)cc2NC(=O)C2CC2)cc(=O)n1CC(=O)NC1(C)COC1. The first-order chi connectivity index (χ1) is 14.2. The number of aryl methyl sites for hydroxylation is 1. The molecule has 158 valence electrons. The number of rotatable bonds is 6. The maximum Gasteiger partial charge on any atom is 0.254 e. The lowest BCUT2D eigenvalue weighted by atomic mass is 10.0. The van der Waals surface area contributed by atoms with Crippen LogP contribution in [-0.2, 0) is 20.9 Å². The monoisotopic (exact) mass is 430 g/mol. The molecule has 1 aliphatic carbocycles. The van der Waals surface area contributed by atoms with E-state index in [0.29, 0.717) is 41.0 Å². The number of benzene rings is 1. The zero-order valence-corrected chi connectivity index (χ0v) is 17.6. The quantitative estimate of drug-likeness (QED) is 0.730. The Kier molecular flexibility index (Phi) is 5.38. The van der Waals surface area contributed by atoms with Crippen LogP contribution in [-0.4, -0.2) is 40.1 Å². The third-order valence-electron chi connectivity index (χ3n) is 5.25. The van der Waals surface area contributed by atoms with Gasteiger partial charge in [0.1, 0.15) is 12.4 Å². The van der Waals surface area contributed by atoms with E-state index in [4.69, 9.17) is 16.3 Å². The number of halogens is 1. The third-order valence-corrected chi connectivity index (χ3v) is 5.48. The van der Waals surface area contributed by atoms with Crippen molar-refractivity contribution in [1.29, 1.82) is 0 Å². The molecule has 2 heterocycles. The van der Waals surface area contributed by atoms with Crippen molar-refractivity contribution in [2.75, 3.05) is 18.5 Å². The fraction of sp³-hybridized carbons (Fsp3) is 0.429. The fourth-order valence-electron chi connectivity index (χ4n) is 3.38. The minimum atomic E-state index is -0.389. The van der Waals surface area contributed by atoms with Gasteiger partial charge in [-0.05, 0) is 44.9 Å². The third kappa shape index (κ3) is 4.39. The number of hydrogen-bond acceptors (Lipinski definition) is 5. The highest BCUT2D eigenvalue weighted by atomic mass is 35.5. The highest BCUT2D eigenvalue weighted by molar-refractivity contribution is 6.31. The van der Waals surface area contributed by atoms with Gasteiger partial charge in [0.2, 0.25) is 11.8 Å². The van der Waals surface area contributed by atoms with E-state index in [1.54, 1.807) is 25.1 Å². The van der Waals surface area contributed by atoms with Crippen molar-refractivity contribution in [3.63, 3.8) is 0 Å². The molecule has 1 aliphatic heterocycles. The number of aromatic nitrogens is 2. The minimum Gasteiger partial charge on any atom is -0.376 e. The Morgan fingerprint density at radius 1 is 1.30 bits per heavy atom. The van der Waals surface area contributed by atoms with Gasteiger partial charge in [0.05, 0.1) is 30.1 Å². The number of carbonyl (C=O) groups is 2. The molecule has 0 radical (unpaired) electrons. The van der Waals surface area contributed by atoms with Crippen LogP contribution in [0.1, 0.15) is 25.6 Å². The highest BCUT2D eigenvalue weighted by Gasteiger charge is 2.35. The molecule has 0 bridgehead atoms.